The fourth-order valence-electron chi connectivity index (χ4n) is 4.33. The van der Waals surface area contributed by atoms with E-state index >= 15 is 0 Å². The fourth-order valence-corrected chi connectivity index (χ4v) is 4.33. The molecule has 0 fully saturated rings. The van der Waals surface area contributed by atoms with Gasteiger partial charge in [-0.3, -0.25) is 14.5 Å². The van der Waals surface area contributed by atoms with Crippen LogP contribution in [-0.4, -0.2) is 32.5 Å². The summed E-state index contributed by atoms with van der Waals surface area (Å²) in [5, 5.41) is 15.4. The molecule has 4 aromatic rings. The molecule has 0 N–H and O–H groups in total. The molecule has 0 bridgehead atoms. The average Bonchev–Trinajstić information content (AvgIpc) is 3.51. The Balaban J connectivity index is 1.72. The van der Waals surface area contributed by atoms with E-state index in [0.29, 0.717) is 29.0 Å². The Hall–Kier alpha value is -4.70. The number of nitriles is 1. The van der Waals surface area contributed by atoms with E-state index in [9.17, 15) is 14.9 Å². The Bertz CT molecular complexity index is 1570. The van der Waals surface area contributed by atoms with E-state index in [1.165, 1.54) is 4.90 Å². The van der Waals surface area contributed by atoms with Crippen LogP contribution in [0.5, 0.6) is 0 Å². The fraction of sp³-hybridized carbons (Fsp3) is 0.172. The predicted octanol–water partition coefficient (Wildman–Crippen LogP) is 5.68. The van der Waals surface area contributed by atoms with E-state index < -0.39 is 11.8 Å². The molecule has 5 rings (SSSR count). The number of para-hydroxylation sites is 2. The third-order valence-corrected chi connectivity index (χ3v) is 6.53. The minimum Gasteiger partial charge on any atom is -0.454 e. The van der Waals surface area contributed by atoms with Crippen molar-refractivity contribution < 1.29 is 14.0 Å². The summed E-state index contributed by atoms with van der Waals surface area (Å²) in [4.78, 5) is 27.6. The van der Waals surface area contributed by atoms with Crippen LogP contribution in [-0.2, 0) is 9.59 Å². The smallest absolute Gasteiger partial charge is 0.271 e. The number of amides is 2. The van der Waals surface area contributed by atoms with Gasteiger partial charge in [-0.2, -0.15) is 10.4 Å². The molecule has 3 heterocycles. The van der Waals surface area contributed by atoms with Crippen molar-refractivity contribution >= 4 is 28.9 Å². The molecule has 2 aromatic heterocycles. The van der Waals surface area contributed by atoms with Crippen molar-refractivity contribution in [1.29, 1.82) is 5.26 Å². The molecule has 1 aliphatic rings. The first-order valence-corrected chi connectivity index (χ1v) is 11.8. The Morgan fingerprint density at radius 1 is 1.08 bits per heavy atom. The van der Waals surface area contributed by atoms with E-state index in [1.54, 1.807) is 24.6 Å². The molecule has 1 atom stereocenters. The molecule has 7 heteroatoms. The van der Waals surface area contributed by atoms with Crippen LogP contribution in [0.2, 0.25) is 0 Å². The van der Waals surface area contributed by atoms with Gasteiger partial charge in [0, 0.05) is 28.8 Å². The topological polar surface area (TPSA) is 92.1 Å². The highest BCUT2D eigenvalue weighted by Crippen LogP contribution is 2.34. The van der Waals surface area contributed by atoms with Gasteiger partial charge in [-0.25, -0.2) is 4.68 Å². The summed E-state index contributed by atoms with van der Waals surface area (Å²) in [6, 6.07) is 20.9. The second-order valence-electron chi connectivity index (χ2n) is 8.77. The van der Waals surface area contributed by atoms with Crippen molar-refractivity contribution in [2.75, 3.05) is 0 Å². The van der Waals surface area contributed by atoms with E-state index in [4.69, 9.17) is 9.52 Å². The molecule has 0 radical (unpaired) electrons. The van der Waals surface area contributed by atoms with Crippen molar-refractivity contribution in [2.45, 2.75) is 33.2 Å². The number of fused-ring (bicyclic) bond motifs is 1. The lowest BCUT2D eigenvalue weighted by atomic mass is 9.92. The molecule has 0 saturated carbocycles. The zero-order valence-corrected chi connectivity index (χ0v) is 20.2. The van der Waals surface area contributed by atoms with Gasteiger partial charge >= 0.3 is 0 Å². The number of furan rings is 1. The zero-order valence-electron chi connectivity index (χ0n) is 20.2. The average molecular weight is 477 g/mol. The largest absolute Gasteiger partial charge is 0.454 e. The van der Waals surface area contributed by atoms with Crippen LogP contribution in [0.3, 0.4) is 0 Å². The number of benzene rings is 2. The summed E-state index contributed by atoms with van der Waals surface area (Å²) in [6.45, 7) is 5.34. The lowest BCUT2D eigenvalue weighted by molar-refractivity contribution is -0.142. The molecule has 7 nitrogen and oxygen atoms in total. The number of nitrogens with zero attached hydrogens (tertiary/aromatic N) is 4. The first kappa shape index (κ1) is 23.1. The lowest BCUT2D eigenvalue weighted by Gasteiger charge is -2.31. The van der Waals surface area contributed by atoms with Crippen molar-refractivity contribution in [2.24, 2.45) is 0 Å². The van der Waals surface area contributed by atoms with Gasteiger partial charge in [0.05, 0.1) is 5.69 Å². The highest BCUT2D eigenvalue weighted by atomic mass is 16.3. The summed E-state index contributed by atoms with van der Waals surface area (Å²) in [5.74, 6) is -0.421. The number of carbonyl (C=O) groups excluding carboxylic acids is 2. The van der Waals surface area contributed by atoms with Crippen LogP contribution in [0.1, 0.15) is 32.8 Å². The Morgan fingerprint density at radius 2 is 1.81 bits per heavy atom. The number of carbonyl (C=O) groups is 2. The van der Waals surface area contributed by atoms with Crippen LogP contribution in [0.25, 0.3) is 34.2 Å². The maximum Gasteiger partial charge on any atom is 0.271 e. The second kappa shape index (κ2) is 9.16. The second-order valence-corrected chi connectivity index (χ2v) is 8.77. The van der Waals surface area contributed by atoms with Gasteiger partial charge in [-0.15, -0.1) is 0 Å². The Labute approximate surface area is 208 Å². The van der Waals surface area contributed by atoms with Crippen molar-refractivity contribution in [3.05, 3.63) is 89.1 Å². The predicted molar refractivity (Wildman–Crippen MR) is 137 cm³/mol. The molecular weight excluding hydrogens is 452 g/mol. The van der Waals surface area contributed by atoms with Crippen LogP contribution in [0.4, 0.5) is 0 Å². The number of rotatable bonds is 5. The molecule has 0 saturated heterocycles. The minimum atomic E-state index is -0.552. The summed E-state index contributed by atoms with van der Waals surface area (Å²) in [7, 11) is 0. The molecule has 178 valence electrons. The SMILES string of the molecule is CCC(C)N1C(=O)C(C#N)=C(C)/C(=C\c2cn(-c3ccccc3)nc2-c2cc3ccccc3o2)C1=O. The van der Waals surface area contributed by atoms with Gasteiger partial charge in [0.15, 0.2) is 5.76 Å². The molecule has 1 unspecified atom stereocenters. The van der Waals surface area contributed by atoms with E-state index in [0.717, 1.165) is 16.7 Å². The molecular formula is C29H24N4O3. The molecule has 36 heavy (non-hydrogen) atoms. The van der Waals surface area contributed by atoms with Gasteiger partial charge in [-0.05, 0) is 56.2 Å². The van der Waals surface area contributed by atoms with Crippen LogP contribution in [0, 0.1) is 11.3 Å². The van der Waals surface area contributed by atoms with E-state index in [2.05, 4.69) is 0 Å². The van der Waals surface area contributed by atoms with Gasteiger partial charge in [0.1, 0.15) is 22.9 Å². The number of aromatic nitrogens is 2. The van der Waals surface area contributed by atoms with Gasteiger partial charge in [0.2, 0.25) is 0 Å². The van der Waals surface area contributed by atoms with Crippen molar-refractivity contribution in [3.8, 4) is 23.2 Å². The zero-order chi connectivity index (χ0) is 25.4. The molecule has 1 aliphatic heterocycles. The number of imide groups is 1. The van der Waals surface area contributed by atoms with Crippen LogP contribution >= 0.6 is 0 Å². The monoisotopic (exact) mass is 476 g/mol. The first-order valence-electron chi connectivity index (χ1n) is 11.8. The van der Waals surface area contributed by atoms with E-state index in [-0.39, 0.29) is 17.2 Å². The number of hydrogen-bond acceptors (Lipinski definition) is 5. The highest BCUT2D eigenvalue weighted by molar-refractivity contribution is 6.20. The highest BCUT2D eigenvalue weighted by Gasteiger charge is 2.38. The summed E-state index contributed by atoms with van der Waals surface area (Å²) in [6.07, 6.45) is 4.10. The summed E-state index contributed by atoms with van der Waals surface area (Å²) >= 11 is 0. The van der Waals surface area contributed by atoms with E-state index in [1.807, 2.05) is 79.9 Å². The minimum absolute atomic E-state index is 0.0260. The first-order chi connectivity index (χ1) is 17.4. The number of hydrogen-bond donors (Lipinski definition) is 0. The third kappa shape index (κ3) is 3.83. The molecule has 0 aliphatic carbocycles. The van der Waals surface area contributed by atoms with Crippen LogP contribution in [0.15, 0.2) is 88.0 Å². The summed E-state index contributed by atoms with van der Waals surface area (Å²) in [5.41, 5.74) is 3.37. The van der Waals surface area contributed by atoms with Gasteiger partial charge < -0.3 is 4.42 Å². The molecule has 2 aromatic carbocycles. The molecule has 0 spiro atoms. The standard InChI is InChI=1S/C29H24N4O3/c1-4-18(2)33-28(34)23(19(3)24(16-30)29(33)35)14-21-17-32(22-11-6-5-7-12-22)31-27(21)26-15-20-10-8-9-13-25(20)36-26/h5-15,17-18H,4H2,1-3H3/b23-14+. The Morgan fingerprint density at radius 3 is 2.50 bits per heavy atom. The maximum atomic E-state index is 13.5. The Kier molecular flexibility index (Phi) is 5.87. The quantitative estimate of drug-likeness (QED) is 0.273. The van der Waals surface area contributed by atoms with Gasteiger partial charge in [0.25, 0.3) is 11.8 Å². The van der Waals surface area contributed by atoms with Crippen molar-refractivity contribution in [1.82, 2.24) is 14.7 Å². The molecule has 2 amide bonds. The van der Waals surface area contributed by atoms with Gasteiger partial charge in [-0.1, -0.05) is 43.3 Å². The summed E-state index contributed by atoms with van der Waals surface area (Å²) < 4.78 is 7.83. The maximum absolute atomic E-state index is 13.5. The van der Waals surface area contributed by atoms with Crippen molar-refractivity contribution in [3.63, 3.8) is 0 Å². The third-order valence-electron chi connectivity index (χ3n) is 6.53. The lowest BCUT2D eigenvalue weighted by Crippen LogP contribution is -2.47. The van der Waals surface area contributed by atoms with Crippen LogP contribution < -0.4 is 0 Å². The normalized spacial score (nSPS) is 16.2.